The molecule has 1 aromatic carbocycles. The maximum atomic E-state index is 12.8. The van der Waals surface area contributed by atoms with Crippen molar-refractivity contribution in [2.24, 2.45) is 0 Å². The summed E-state index contributed by atoms with van der Waals surface area (Å²) < 4.78 is 44.1. The van der Waals surface area contributed by atoms with Crippen LogP contribution < -0.4 is 5.32 Å². The van der Waals surface area contributed by atoms with Gasteiger partial charge in [-0.15, -0.1) is 0 Å². The molecule has 0 heterocycles. The van der Waals surface area contributed by atoms with E-state index in [4.69, 9.17) is 4.74 Å². The number of benzene rings is 1. The lowest BCUT2D eigenvalue weighted by Gasteiger charge is -2.24. The zero-order valence-corrected chi connectivity index (χ0v) is 14.4. The quantitative estimate of drug-likeness (QED) is 0.756. The first-order valence-corrected chi connectivity index (χ1v) is 7.59. The highest BCUT2D eigenvalue weighted by molar-refractivity contribution is 9.10. The number of carbonyl (C=O) groups excluding carboxylic acids is 1. The molecule has 22 heavy (non-hydrogen) atoms. The van der Waals surface area contributed by atoms with Gasteiger partial charge in [0.1, 0.15) is 5.60 Å². The van der Waals surface area contributed by atoms with Crippen LogP contribution in [0.15, 0.2) is 22.7 Å². The molecule has 1 aromatic rings. The Bertz CT molecular complexity index is 539. The molecule has 0 aliphatic carbocycles. The second kappa shape index (κ2) is 6.89. The zero-order chi connectivity index (χ0) is 17.1. The van der Waals surface area contributed by atoms with Gasteiger partial charge in [-0.3, -0.25) is 0 Å². The third kappa shape index (κ3) is 5.51. The minimum Gasteiger partial charge on any atom is -0.444 e. The second-order valence-electron chi connectivity index (χ2n) is 5.84. The largest absolute Gasteiger partial charge is 0.444 e. The molecular formula is C15H19BrF3NO2. The van der Waals surface area contributed by atoms with Crippen LogP contribution in [0, 0.1) is 0 Å². The van der Waals surface area contributed by atoms with Gasteiger partial charge >= 0.3 is 12.3 Å². The number of alkyl carbamates (subject to hydrolysis) is 1. The fourth-order valence-electron chi connectivity index (χ4n) is 1.84. The maximum Gasteiger partial charge on any atom is 0.416 e. The molecule has 0 spiro atoms. The fourth-order valence-corrected chi connectivity index (χ4v) is 2.36. The van der Waals surface area contributed by atoms with Gasteiger partial charge in [0.25, 0.3) is 0 Å². The number of carbonyl (C=O) groups is 1. The van der Waals surface area contributed by atoms with Crippen molar-refractivity contribution < 1.29 is 22.7 Å². The molecule has 1 amide bonds. The Morgan fingerprint density at radius 3 is 2.36 bits per heavy atom. The predicted octanol–water partition coefficient (Wildman–Crippen LogP) is 5.44. The van der Waals surface area contributed by atoms with Crippen LogP contribution in [0.1, 0.15) is 51.3 Å². The van der Waals surface area contributed by atoms with E-state index >= 15 is 0 Å². The van der Waals surface area contributed by atoms with Crippen LogP contribution in [0.5, 0.6) is 0 Å². The lowest BCUT2D eigenvalue weighted by molar-refractivity contribution is -0.137. The van der Waals surface area contributed by atoms with Crippen molar-refractivity contribution in [2.45, 2.75) is 51.9 Å². The Labute approximate surface area is 136 Å². The molecule has 7 heteroatoms. The van der Waals surface area contributed by atoms with Gasteiger partial charge in [0.05, 0.1) is 11.6 Å². The molecule has 1 rings (SSSR count). The molecule has 124 valence electrons. The molecule has 0 aliphatic heterocycles. The van der Waals surface area contributed by atoms with Crippen molar-refractivity contribution >= 4 is 22.0 Å². The van der Waals surface area contributed by atoms with E-state index in [1.807, 2.05) is 0 Å². The molecule has 0 aliphatic rings. The van der Waals surface area contributed by atoms with Gasteiger partial charge in [-0.2, -0.15) is 13.2 Å². The summed E-state index contributed by atoms with van der Waals surface area (Å²) in [5, 5.41) is 2.60. The normalized spacial score (nSPS) is 13.6. The maximum absolute atomic E-state index is 12.8. The molecule has 0 radical (unpaired) electrons. The topological polar surface area (TPSA) is 38.3 Å². The zero-order valence-electron chi connectivity index (χ0n) is 12.8. The highest BCUT2D eigenvalue weighted by Crippen LogP contribution is 2.34. The van der Waals surface area contributed by atoms with Crippen LogP contribution in [0.3, 0.4) is 0 Å². The van der Waals surface area contributed by atoms with E-state index in [-0.39, 0.29) is 0 Å². The molecule has 0 saturated carbocycles. The smallest absolute Gasteiger partial charge is 0.416 e. The van der Waals surface area contributed by atoms with Gasteiger partial charge in [0.2, 0.25) is 0 Å². The lowest BCUT2D eigenvalue weighted by Crippen LogP contribution is -2.35. The summed E-state index contributed by atoms with van der Waals surface area (Å²) in [5.41, 5.74) is -1.06. The second-order valence-corrected chi connectivity index (χ2v) is 6.70. The molecule has 0 bridgehead atoms. The first-order valence-electron chi connectivity index (χ1n) is 6.80. The van der Waals surface area contributed by atoms with E-state index in [1.165, 1.54) is 6.07 Å². The number of amides is 1. The number of alkyl halides is 3. The summed E-state index contributed by atoms with van der Waals surface area (Å²) in [4.78, 5) is 11.8. The number of halogens is 4. The van der Waals surface area contributed by atoms with Crippen molar-refractivity contribution in [1.82, 2.24) is 5.32 Å². The Morgan fingerprint density at radius 2 is 1.91 bits per heavy atom. The standard InChI is InChI=1S/C15H19BrF3NO2/c1-5-12(20-13(21)22-14(2,3)4)10-8-9(15(17,18)19)6-7-11(10)16/h6-8,12H,5H2,1-4H3,(H,20,21)/t12-/m1/s1. The van der Waals surface area contributed by atoms with Crippen LogP contribution in [0.4, 0.5) is 18.0 Å². The van der Waals surface area contributed by atoms with Gasteiger partial charge in [0, 0.05) is 4.47 Å². The van der Waals surface area contributed by atoms with Gasteiger partial charge in [-0.25, -0.2) is 4.79 Å². The monoisotopic (exact) mass is 381 g/mol. The number of hydrogen-bond acceptors (Lipinski definition) is 2. The van der Waals surface area contributed by atoms with E-state index in [0.29, 0.717) is 16.5 Å². The molecule has 1 N–H and O–H groups in total. The summed E-state index contributed by atoms with van der Waals surface area (Å²) >= 11 is 3.23. The average Bonchev–Trinajstić information content (AvgIpc) is 2.33. The molecule has 0 fully saturated rings. The van der Waals surface area contributed by atoms with E-state index in [9.17, 15) is 18.0 Å². The van der Waals surface area contributed by atoms with Crippen molar-refractivity contribution in [3.05, 3.63) is 33.8 Å². The molecular weight excluding hydrogens is 363 g/mol. The van der Waals surface area contributed by atoms with Crippen LogP contribution >= 0.6 is 15.9 Å². The minimum atomic E-state index is -4.43. The highest BCUT2D eigenvalue weighted by Gasteiger charge is 2.32. The van der Waals surface area contributed by atoms with Gasteiger partial charge < -0.3 is 10.1 Å². The third-order valence-electron chi connectivity index (χ3n) is 2.80. The van der Waals surface area contributed by atoms with Crippen LogP contribution in [0.2, 0.25) is 0 Å². The number of nitrogens with one attached hydrogen (secondary N) is 1. The Balaban J connectivity index is 3.02. The Morgan fingerprint density at radius 1 is 1.32 bits per heavy atom. The number of ether oxygens (including phenoxy) is 1. The van der Waals surface area contributed by atoms with Crippen molar-refractivity contribution in [3.8, 4) is 0 Å². The third-order valence-corrected chi connectivity index (χ3v) is 3.52. The Hall–Kier alpha value is -1.24. The number of hydrogen-bond donors (Lipinski definition) is 1. The predicted molar refractivity (Wildman–Crippen MR) is 81.5 cm³/mol. The summed E-state index contributed by atoms with van der Waals surface area (Å²) in [6.07, 6.45) is -4.66. The van der Waals surface area contributed by atoms with Crippen molar-refractivity contribution in [2.75, 3.05) is 0 Å². The molecule has 0 unspecified atom stereocenters. The summed E-state index contributed by atoms with van der Waals surface area (Å²) in [5.74, 6) is 0. The summed E-state index contributed by atoms with van der Waals surface area (Å²) in [7, 11) is 0. The van der Waals surface area contributed by atoms with Gasteiger partial charge in [-0.05, 0) is 51.0 Å². The SMILES string of the molecule is CC[C@@H](NC(=O)OC(C)(C)C)c1cc(C(F)(F)F)ccc1Br. The summed E-state index contributed by atoms with van der Waals surface area (Å²) in [6.45, 7) is 6.92. The first-order chi connectivity index (χ1) is 9.94. The molecule has 3 nitrogen and oxygen atoms in total. The van der Waals surface area contributed by atoms with Gasteiger partial charge in [-0.1, -0.05) is 22.9 Å². The lowest BCUT2D eigenvalue weighted by atomic mass is 10.0. The molecule has 1 atom stereocenters. The minimum absolute atomic E-state index is 0.364. The molecule has 0 saturated heterocycles. The van der Waals surface area contributed by atoms with Crippen LogP contribution in [-0.2, 0) is 10.9 Å². The number of rotatable bonds is 3. The van der Waals surface area contributed by atoms with E-state index in [2.05, 4.69) is 21.2 Å². The fraction of sp³-hybridized carbons (Fsp3) is 0.533. The average molecular weight is 382 g/mol. The van der Waals surface area contributed by atoms with E-state index < -0.39 is 29.5 Å². The van der Waals surface area contributed by atoms with Crippen LogP contribution in [0.25, 0.3) is 0 Å². The van der Waals surface area contributed by atoms with Crippen molar-refractivity contribution in [3.63, 3.8) is 0 Å². The van der Waals surface area contributed by atoms with Crippen molar-refractivity contribution in [1.29, 1.82) is 0 Å². The highest BCUT2D eigenvalue weighted by atomic mass is 79.9. The first kappa shape index (κ1) is 18.8. The molecule has 0 aromatic heterocycles. The van der Waals surface area contributed by atoms with Crippen LogP contribution in [-0.4, -0.2) is 11.7 Å². The van der Waals surface area contributed by atoms with E-state index in [0.717, 1.165) is 12.1 Å². The van der Waals surface area contributed by atoms with Gasteiger partial charge in [0.15, 0.2) is 0 Å². The Kier molecular flexibility index (Phi) is 5.89. The van der Waals surface area contributed by atoms with E-state index in [1.54, 1.807) is 27.7 Å². The summed E-state index contributed by atoms with van der Waals surface area (Å²) in [6, 6.07) is 2.78.